The fraction of sp³-hybridized carbons (Fsp3) is 0.333. The van der Waals surface area contributed by atoms with Crippen LogP contribution in [0.25, 0.3) is 11.4 Å². The third kappa shape index (κ3) is 4.17. The maximum atomic E-state index is 13.4. The molecule has 0 N–H and O–H groups in total. The number of ether oxygens (including phenoxy) is 1. The number of methoxy groups -OCH3 is 1. The average molecular weight is 367 g/mol. The minimum Gasteiger partial charge on any atom is -0.497 e. The van der Waals surface area contributed by atoms with Crippen LogP contribution in [0.3, 0.4) is 0 Å². The first kappa shape index (κ1) is 17.7. The predicted molar refractivity (Wildman–Crippen MR) is 99.8 cm³/mol. The normalized spacial score (nSPS) is 17.3. The van der Waals surface area contributed by atoms with Gasteiger partial charge in [0.2, 0.25) is 11.7 Å². The molecule has 1 aliphatic rings. The van der Waals surface area contributed by atoms with Crippen molar-refractivity contribution in [3.8, 4) is 17.1 Å². The SMILES string of the molecule is COc1cccc(-c2noc(CN3CCCC3Cc3cccc(F)c3)n2)c1. The molecule has 1 unspecified atom stereocenters. The predicted octanol–water partition coefficient (Wildman–Crippen LogP) is 4.09. The topological polar surface area (TPSA) is 51.4 Å². The highest BCUT2D eigenvalue weighted by Crippen LogP contribution is 2.25. The van der Waals surface area contributed by atoms with Crippen molar-refractivity contribution < 1.29 is 13.7 Å². The molecule has 2 aromatic carbocycles. The Morgan fingerprint density at radius 1 is 1.22 bits per heavy atom. The number of hydrogen-bond acceptors (Lipinski definition) is 5. The summed E-state index contributed by atoms with van der Waals surface area (Å²) >= 11 is 0. The van der Waals surface area contributed by atoms with Crippen LogP contribution in [0.4, 0.5) is 4.39 Å². The Morgan fingerprint density at radius 3 is 2.96 bits per heavy atom. The third-order valence-electron chi connectivity index (χ3n) is 4.99. The summed E-state index contributed by atoms with van der Waals surface area (Å²) in [6.45, 7) is 1.59. The van der Waals surface area contributed by atoms with E-state index in [0.29, 0.717) is 24.3 Å². The maximum Gasteiger partial charge on any atom is 0.241 e. The molecular formula is C21H22FN3O2. The average Bonchev–Trinajstić information content (AvgIpc) is 3.32. The van der Waals surface area contributed by atoms with Crippen molar-refractivity contribution in [2.75, 3.05) is 13.7 Å². The Labute approximate surface area is 157 Å². The molecule has 0 spiro atoms. The van der Waals surface area contributed by atoms with Crippen molar-refractivity contribution in [1.82, 2.24) is 15.0 Å². The van der Waals surface area contributed by atoms with Crippen LogP contribution in [-0.2, 0) is 13.0 Å². The molecule has 6 heteroatoms. The number of nitrogens with zero attached hydrogens (tertiary/aromatic N) is 3. The molecule has 1 atom stereocenters. The summed E-state index contributed by atoms with van der Waals surface area (Å²) in [7, 11) is 1.63. The molecule has 1 fully saturated rings. The second-order valence-corrected chi connectivity index (χ2v) is 6.84. The van der Waals surface area contributed by atoms with Gasteiger partial charge < -0.3 is 9.26 Å². The Kier molecular flexibility index (Phi) is 5.16. The lowest BCUT2D eigenvalue weighted by Crippen LogP contribution is -2.30. The van der Waals surface area contributed by atoms with Gasteiger partial charge in [-0.1, -0.05) is 29.4 Å². The van der Waals surface area contributed by atoms with E-state index in [1.165, 1.54) is 6.07 Å². The lowest BCUT2D eigenvalue weighted by molar-refractivity contribution is 0.209. The van der Waals surface area contributed by atoms with E-state index in [4.69, 9.17) is 9.26 Å². The Hall–Kier alpha value is -2.73. The second-order valence-electron chi connectivity index (χ2n) is 6.84. The van der Waals surface area contributed by atoms with Gasteiger partial charge >= 0.3 is 0 Å². The molecule has 1 aromatic heterocycles. The van der Waals surface area contributed by atoms with E-state index in [0.717, 1.165) is 42.7 Å². The molecular weight excluding hydrogens is 345 g/mol. The number of aromatic nitrogens is 2. The van der Waals surface area contributed by atoms with Gasteiger partial charge in [-0.05, 0) is 55.6 Å². The Bertz CT molecular complexity index is 912. The molecule has 0 saturated carbocycles. The van der Waals surface area contributed by atoms with Crippen LogP contribution >= 0.6 is 0 Å². The van der Waals surface area contributed by atoms with E-state index >= 15 is 0 Å². The van der Waals surface area contributed by atoms with E-state index in [2.05, 4.69) is 15.0 Å². The monoisotopic (exact) mass is 367 g/mol. The van der Waals surface area contributed by atoms with E-state index in [1.807, 2.05) is 30.3 Å². The van der Waals surface area contributed by atoms with Crippen LogP contribution in [0, 0.1) is 5.82 Å². The van der Waals surface area contributed by atoms with Crippen molar-refractivity contribution in [3.05, 3.63) is 65.8 Å². The molecule has 0 bridgehead atoms. The zero-order valence-corrected chi connectivity index (χ0v) is 15.3. The lowest BCUT2D eigenvalue weighted by Gasteiger charge is -2.22. The zero-order chi connectivity index (χ0) is 18.6. The first-order valence-electron chi connectivity index (χ1n) is 9.17. The summed E-state index contributed by atoms with van der Waals surface area (Å²) in [6, 6.07) is 14.8. The maximum absolute atomic E-state index is 13.4. The number of likely N-dealkylation sites (tertiary alicyclic amines) is 1. The molecule has 3 aromatic rings. The number of halogens is 1. The fourth-order valence-corrected chi connectivity index (χ4v) is 3.64. The largest absolute Gasteiger partial charge is 0.497 e. The van der Waals surface area contributed by atoms with Gasteiger partial charge in [0.1, 0.15) is 11.6 Å². The molecule has 1 saturated heterocycles. The summed E-state index contributed by atoms with van der Waals surface area (Å²) in [6.07, 6.45) is 3.04. The smallest absolute Gasteiger partial charge is 0.241 e. The number of rotatable bonds is 6. The quantitative estimate of drug-likeness (QED) is 0.657. The molecule has 0 amide bonds. The highest BCUT2D eigenvalue weighted by molar-refractivity contribution is 5.56. The highest BCUT2D eigenvalue weighted by atomic mass is 19.1. The van der Waals surface area contributed by atoms with Gasteiger partial charge in [-0.25, -0.2) is 4.39 Å². The van der Waals surface area contributed by atoms with E-state index < -0.39 is 0 Å². The van der Waals surface area contributed by atoms with Gasteiger partial charge in [0.25, 0.3) is 0 Å². The molecule has 4 rings (SSSR count). The van der Waals surface area contributed by atoms with Crippen molar-refractivity contribution in [2.45, 2.75) is 31.8 Å². The first-order valence-corrected chi connectivity index (χ1v) is 9.17. The fourth-order valence-electron chi connectivity index (χ4n) is 3.64. The molecule has 0 radical (unpaired) electrons. The van der Waals surface area contributed by atoms with Crippen LogP contribution in [0.15, 0.2) is 53.1 Å². The van der Waals surface area contributed by atoms with Gasteiger partial charge in [0.15, 0.2) is 0 Å². The van der Waals surface area contributed by atoms with Crippen molar-refractivity contribution in [2.24, 2.45) is 0 Å². The van der Waals surface area contributed by atoms with Crippen molar-refractivity contribution in [3.63, 3.8) is 0 Å². The Balaban J connectivity index is 1.44. The molecule has 5 nitrogen and oxygen atoms in total. The van der Waals surface area contributed by atoms with E-state index in [9.17, 15) is 4.39 Å². The van der Waals surface area contributed by atoms with Crippen molar-refractivity contribution >= 4 is 0 Å². The first-order chi connectivity index (χ1) is 13.2. The molecule has 2 heterocycles. The second kappa shape index (κ2) is 7.88. The van der Waals surface area contributed by atoms with Crippen LogP contribution in [0.2, 0.25) is 0 Å². The number of hydrogen-bond donors (Lipinski definition) is 0. The van der Waals surface area contributed by atoms with E-state index in [-0.39, 0.29) is 5.82 Å². The summed E-state index contributed by atoms with van der Waals surface area (Å²) in [4.78, 5) is 6.88. The van der Waals surface area contributed by atoms with E-state index in [1.54, 1.807) is 19.2 Å². The highest BCUT2D eigenvalue weighted by Gasteiger charge is 2.26. The molecule has 0 aliphatic carbocycles. The van der Waals surface area contributed by atoms with Crippen LogP contribution in [-0.4, -0.2) is 34.7 Å². The van der Waals surface area contributed by atoms with Gasteiger partial charge in [-0.15, -0.1) is 0 Å². The van der Waals surface area contributed by atoms with Gasteiger partial charge in [0, 0.05) is 11.6 Å². The molecule has 1 aliphatic heterocycles. The van der Waals surface area contributed by atoms with Crippen LogP contribution in [0.1, 0.15) is 24.3 Å². The van der Waals surface area contributed by atoms with Crippen LogP contribution in [0.5, 0.6) is 5.75 Å². The summed E-state index contributed by atoms with van der Waals surface area (Å²) in [5.41, 5.74) is 1.89. The Morgan fingerprint density at radius 2 is 2.11 bits per heavy atom. The van der Waals surface area contributed by atoms with Crippen molar-refractivity contribution in [1.29, 1.82) is 0 Å². The molecule has 27 heavy (non-hydrogen) atoms. The van der Waals surface area contributed by atoms with Crippen LogP contribution < -0.4 is 4.74 Å². The molecule has 140 valence electrons. The lowest BCUT2D eigenvalue weighted by atomic mass is 10.0. The zero-order valence-electron chi connectivity index (χ0n) is 15.3. The van der Waals surface area contributed by atoms with Gasteiger partial charge in [0.05, 0.1) is 13.7 Å². The number of benzene rings is 2. The minimum atomic E-state index is -0.183. The summed E-state index contributed by atoms with van der Waals surface area (Å²) in [5.74, 6) is 1.73. The third-order valence-corrected chi connectivity index (χ3v) is 4.99. The standard InChI is InChI=1S/C21H22FN3O2/c1-26-19-9-3-6-16(13-19)21-23-20(27-24-21)14-25-10-4-8-18(25)12-15-5-2-7-17(22)11-15/h2-3,5-7,9,11,13,18H,4,8,10,12,14H2,1H3. The summed E-state index contributed by atoms with van der Waals surface area (Å²) < 4.78 is 24.2. The van der Waals surface area contributed by atoms with Gasteiger partial charge in [-0.3, -0.25) is 4.90 Å². The minimum absolute atomic E-state index is 0.183. The van der Waals surface area contributed by atoms with Gasteiger partial charge in [-0.2, -0.15) is 4.98 Å². The summed E-state index contributed by atoms with van der Waals surface area (Å²) in [5, 5.41) is 4.11.